The number of rotatable bonds is 5. The maximum Gasteiger partial charge on any atom is 0.123 e. The number of hydrogen-bond acceptors (Lipinski definition) is 2. The molecule has 2 unspecified atom stereocenters. The minimum absolute atomic E-state index is 0.157. The molecule has 1 saturated heterocycles. The number of nitrogens with one attached hydrogen (secondary N) is 1. The standard InChI is InChI=1S/C14H20FNO/c1-16-10-12(9-14-6-3-7-17-14)11-4-2-5-13(15)8-11/h2,4-5,8,12,14,16H,3,6-7,9-10H2,1H3. The number of halogens is 1. The van der Waals surface area contributed by atoms with E-state index in [2.05, 4.69) is 5.32 Å². The zero-order chi connectivity index (χ0) is 12.1. The van der Waals surface area contributed by atoms with Crippen molar-refractivity contribution in [2.45, 2.75) is 31.3 Å². The molecule has 1 aliphatic heterocycles. The van der Waals surface area contributed by atoms with Crippen molar-refractivity contribution in [3.63, 3.8) is 0 Å². The Hall–Kier alpha value is -0.930. The smallest absolute Gasteiger partial charge is 0.123 e. The first-order chi connectivity index (χ1) is 8.29. The molecule has 94 valence electrons. The third kappa shape index (κ3) is 3.51. The number of hydrogen-bond donors (Lipinski definition) is 1. The molecule has 1 fully saturated rings. The first-order valence-electron chi connectivity index (χ1n) is 6.31. The van der Waals surface area contributed by atoms with Gasteiger partial charge in [-0.1, -0.05) is 12.1 Å². The third-order valence-corrected chi connectivity index (χ3v) is 3.34. The van der Waals surface area contributed by atoms with Gasteiger partial charge in [0.1, 0.15) is 5.82 Å². The van der Waals surface area contributed by atoms with Crippen LogP contribution < -0.4 is 5.32 Å². The number of ether oxygens (including phenoxy) is 1. The maximum absolute atomic E-state index is 13.2. The lowest BCUT2D eigenvalue weighted by atomic mass is 9.92. The molecule has 0 spiro atoms. The average molecular weight is 237 g/mol. The molecule has 1 aliphatic rings. The Morgan fingerprint density at radius 3 is 3.06 bits per heavy atom. The molecule has 2 nitrogen and oxygen atoms in total. The van der Waals surface area contributed by atoms with E-state index in [-0.39, 0.29) is 5.82 Å². The number of benzene rings is 1. The summed E-state index contributed by atoms with van der Waals surface area (Å²) in [7, 11) is 1.93. The van der Waals surface area contributed by atoms with E-state index in [1.54, 1.807) is 12.1 Å². The van der Waals surface area contributed by atoms with Gasteiger partial charge in [0.2, 0.25) is 0 Å². The van der Waals surface area contributed by atoms with Gasteiger partial charge in [0.15, 0.2) is 0 Å². The van der Waals surface area contributed by atoms with E-state index < -0.39 is 0 Å². The Morgan fingerprint density at radius 1 is 1.53 bits per heavy atom. The van der Waals surface area contributed by atoms with E-state index in [1.807, 2.05) is 13.1 Å². The van der Waals surface area contributed by atoms with Crippen molar-refractivity contribution in [1.29, 1.82) is 0 Å². The lowest BCUT2D eigenvalue weighted by Crippen LogP contribution is -2.21. The molecular formula is C14H20FNO. The van der Waals surface area contributed by atoms with Crippen LogP contribution in [0.1, 0.15) is 30.7 Å². The van der Waals surface area contributed by atoms with Crippen molar-refractivity contribution < 1.29 is 9.13 Å². The summed E-state index contributed by atoms with van der Waals surface area (Å²) in [5.74, 6) is 0.176. The summed E-state index contributed by atoms with van der Waals surface area (Å²) in [6.07, 6.45) is 3.61. The Bertz CT molecular complexity index is 350. The molecule has 0 saturated carbocycles. The molecule has 3 heteroatoms. The van der Waals surface area contributed by atoms with Crippen LogP contribution in [0.2, 0.25) is 0 Å². The average Bonchev–Trinajstić information content (AvgIpc) is 2.81. The van der Waals surface area contributed by atoms with Crippen molar-refractivity contribution in [3.05, 3.63) is 35.6 Å². The minimum Gasteiger partial charge on any atom is -0.378 e. The summed E-state index contributed by atoms with van der Waals surface area (Å²) in [6, 6.07) is 6.91. The summed E-state index contributed by atoms with van der Waals surface area (Å²) in [6.45, 7) is 1.74. The van der Waals surface area contributed by atoms with Crippen LogP contribution in [-0.4, -0.2) is 26.3 Å². The summed E-state index contributed by atoms with van der Waals surface area (Å²) in [4.78, 5) is 0. The van der Waals surface area contributed by atoms with Crippen LogP contribution in [0.5, 0.6) is 0 Å². The molecule has 1 aromatic carbocycles. The maximum atomic E-state index is 13.2. The molecule has 17 heavy (non-hydrogen) atoms. The predicted octanol–water partition coefficient (Wildman–Crippen LogP) is 2.70. The van der Waals surface area contributed by atoms with Gasteiger partial charge >= 0.3 is 0 Å². The Balaban J connectivity index is 2.04. The topological polar surface area (TPSA) is 21.3 Å². The fraction of sp³-hybridized carbons (Fsp3) is 0.571. The zero-order valence-corrected chi connectivity index (χ0v) is 10.3. The van der Waals surface area contributed by atoms with Crippen LogP contribution in [0.15, 0.2) is 24.3 Å². The zero-order valence-electron chi connectivity index (χ0n) is 10.3. The monoisotopic (exact) mass is 237 g/mol. The van der Waals surface area contributed by atoms with Gasteiger partial charge < -0.3 is 10.1 Å². The van der Waals surface area contributed by atoms with E-state index >= 15 is 0 Å². The van der Waals surface area contributed by atoms with Crippen LogP contribution in [0.3, 0.4) is 0 Å². The van der Waals surface area contributed by atoms with Gasteiger partial charge in [-0.2, -0.15) is 0 Å². The van der Waals surface area contributed by atoms with Gasteiger partial charge in [-0.3, -0.25) is 0 Å². The largest absolute Gasteiger partial charge is 0.378 e. The number of likely N-dealkylation sites (N-methyl/N-ethyl adjacent to an activating group) is 1. The Kier molecular flexibility index (Phi) is 4.51. The molecule has 2 rings (SSSR count). The molecule has 1 N–H and O–H groups in total. The predicted molar refractivity (Wildman–Crippen MR) is 66.7 cm³/mol. The van der Waals surface area contributed by atoms with E-state index in [4.69, 9.17) is 4.74 Å². The van der Waals surface area contributed by atoms with Gasteiger partial charge in [0, 0.05) is 13.2 Å². The molecule has 2 atom stereocenters. The third-order valence-electron chi connectivity index (χ3n) is 3.34. The van der Waals surface area contributed by atoms with Crippen LogP contribution in [0.4, 0.5) is 4.39 Å². The van der Waals surface area contributed by atoms with Crippen LogP contribution in [-0.2, 0) is 4.74 Å². The van der Waals surface area contributed by atoms with Gasteiger partial charge in [-0.25, -0.2) is 4.39 Å². The SMILES string of the molecule is CNCC(CC1CCCO1)c1cccc(F)c1. The van der Waals surface area contributed by atoms with Gasteiger partial charge in [-0.15, -0.1) is 0 Å². The molecule has 0 aliphatic carbocycles. The Morgan fingerprint density at radius 2 is 2.41 bits per heavy atom. The fourth-order valence-corrected chi connectivity index (χ4v) is 2.49. The molecular weight excluding hydrogens is 217 g/mol. The van der Waals surface area contributed by atoms with E-state index in [0.717, 1.165) is 38.0 Å². The minimum atomic E-state index is -0.157. The van der Waals surface area contributed by atoms with Crippen molar-refractivity contribution >= 4 is 0 Å². The molecule has 0 amide bonds. The normalized spacial score (nSPS) is 21.6. The summed E-state index contributed by atoms with van der Waals surface area (Å²) >= 11 is 0. The molecule has 1 aromatic rings. The van der Waals surface area contributed by atoms with Crippen LogP contribution in [0.25, 0.3) is 0 Å². The highest BCUT2D eigenvalue weighted by atomic mass is 19.1. The van der Waals surface area contributed by atoms with Crippen LogP contribution in [0, 0.1) is 5.82 Å². The molecule has 0 bridgehead atoms. The second kappa shape index (κ2) is 6.12. The quantitative estimate of drug-likeness (QED) is 0.850. The van der Waals surface area contributed by atoms with Crippen LogP contribution >= 0.6 is 0 Å². The summed E-state index contributed by atoms with van der Waals surface area (Å²) < 4.78 is 18.9. The molecule has 0 aromatic heterocycles. The summed E-state index contributed by atoms with van der Waals surface area (Å²) in [5, 5.41) is 3.18. The van der Waals surface area contributed by atoms with Crippen molar-refractivity contribution in [2.24, 2.45) is 0 Å². The highest BCUT2D eigenvalue weighted by Gasteiger charge is 2.21. The van der Waals surface area contributed by atoms with Gasteiger partial charge in [0.25, 0.3) is 0 Å². The van der Waals surface area contributed by atoms with Gasteiger partial charge in [-0.05, 0) is 49.9 Å². The van der Waals surface area contributed by atoms with E-state index in [1.165, 1.54) is 6.07 Å². The Labute approximate surface area is 102 Å². The molecule has 1 heterocycles. The lowest BCUT2D eigenvalue weighted by Gasteiger charge is -2.20. The van der Waals surface area contributed by atoms with Crippen molar-refractivity contribution in [2.75, 3.05) is 20.2 Å². The summed E-state index contributed by atoms with van der Waals surface area (Å²) in [5.41, 5.74) is 1.06. The van der Waals surface area contributed by atoms with E-state index in [9.17, 15) is 4.39 Å². The second-order valence-electron chi connectivity index (χ2n) is 4.68. The lowest BCUT2D eigenvalue weighted by molar-refractivity contribution is 0.0978. The first-order valence-corrected chi connectivity index (χ1v) is 6.31. The molecule has 0 radical (unpaired) electrons. The van der Waals surface area contributed by atoms with Crippen molar-refractivity contribution in [1.82, 2.24) is 5.32 Å². The van der Waals surface area contributed by atoms with Crippen molar-refractivity contribution in [3.8, 4) is 0 Å². The highest BCUT2D eigenvalue weighted by molar-refractivity contribution is 5.21. The first kappa shape index (κ1) is 12.5. The van der Waals surface area contributed by atoms with Gasteiger partial charge in [0.05, 0.1) is 6.10 Å². The van der Waals surface area contributed by atoms with E-state index in [0.29, 0.717) is 12.0 Å². The fourth-order valence-electron chi connectivity index (χ4n) is 2.49. The second-order valence-corrected chi connectivity index (χ2v) is 4.68. The highest BCUT2D eigenvalue weighted by Crippen LogP contribution is 2.26.